The van der Waals surface area contributed by atoms with E-state index in [0.717, 1.165) is 10.0 Å². The van der Waals surface area contributed by atoms with E-state index in [4.69, 9.17) is 9.73 Å². The third-order valence-corrected chi connectivity index (χ3v) is 5.96. The first-order valence-corrected chi connectivity index (χ1v) is 11.4. The van der Waals surface area contributed by atoms with E-state index in [-0.39, 0.29) is 11.9 Å². The first-order valence-electron chi connectivity index (χ1n) is 9.61. The molecular formula is C22H19BrN4O3S. The number of amidine groups is 1. The first-order chi connectivity index (χ1) is 15.0. The molecule has 2 aromatic carbocycles. The predicted octanol–water partition coefficient (Wildman–Crippen LogP) is 2.83. The maximum atomic E-state index is 13.0. The Morgan fingerprint density at radius 2 is 2.10 bits per heavy atom. The van der Waals surface area contributed by atoms with Gasteiger partial charge in [0.1, 0.15) is 11.4 Å². The Bertz CT molecular complexity index is 1210. The van der Waals surface area contributed by atoms with E-state index in [0.29, 0.717) is 39.4 Å². The fourth-order valence-electron chi connectivity index (χ4n) is 3.18. The number of nitrogens with one attached hydrogen (secondary N) is 1. The standard InChI is InChI=1S/C22H19BrN4O3S/c1-3-11-31-22-25-21(29)19-16-12-14(23)7-10-17(16)24-20(27(19)26-22)13-5-8-15(9-6-13)30-18(28)4-2/h3,5-10,12,20H,1,4,11H2,2H3,(H,25,26,29). The molecule has 1 amide bonds. The van der Waals surface area contributed by atoms with Crippen LogP contribution in [0, 0.1) is 0 Å². The Kier molecular flexibility index (Phi) is 6.24. The number of hydrogen-bond acceptors (Lipinski definition) is 7. The minimum absolute atomic E-state index is 0.241. The normalized spacial score (nSPS) is 17.0. The molecule has 7 nitrogen and oxygen atoms in total. The number of hydrazone groups is 1. The lowest BCUT2D eigenvalue weighted by molar-refractivity contribution is -0.134. The van der Waals surface area contributed by atoms with Crippen molar-refractivity contribution in [3.05, 3.63) is 75.7 Å². The van der Waals surface area contributed by atoms with Crippen molar-refractivity contribution in [3.8, 4) is 5.75 Å². The summed E-state index contributed by atoms with van der Waals surface area (Å²) < 4.78 is 6.11. The molecular weight excluding hydrogens is 480 g/mol. The van der Waals surface area contributed by atoms with Gasteiger partial charge < -0.3 is 4.74 Å². The van der Waals surface area contributed by atoms with Crippen molar-refractivity contribution in [2.45, 2.75) is 19.5 Å². The van der Waals surface area contributed by atoms with Crippen LogP contribution in [0.4, 0.5) is 0 Å². The van der Waals surface area contributed by atoms with Gasteiger partial charge in [-0.2, -0.15) is 0 Å². The van der Waals surface area contributed by atoms with E-state index in [2.05, 4.69) is 32.9 Å². The number of benzene rings is 2. The minimum Gasteiger partial charge on any atom is -0.427 e. The third-order valence-electron chi connectivity index (χ3n) is 4.61. The number of fused-ring (bicyclic) bond motifs is 2. The number of ether oxygens (including phenoxy) is 1. The molecule has 2 aromatic rings. The lowest BCUT2D eigenvalue weighted by atomic mass is 10.1. The highest BCUT2D eigenvalue weighted by Gasteiger charge is 2.34. The van der Waals surface area contributed by atoms with E-state index in [1.807, 2.05) is 30.3 Å². The van der Waals surface area contributed by atoms with E-state index in [1.165, 1.54) is 11.8 Å². The molecule has 0 aliphatic carbocycles. The number of carbonyl (C=O) groups excluding carboxylic acids is 2. The molecule has 0 spiro atoms. The van der Waals surface area contributed by atoms with Gasteiger partial charge in [-0.05, 0) is 35.9 Å². The molecule has 2 aliphatic heterocycles. The van der Waals surface area contributed by atoms with Gasteiger partial charge in [0.25, 0.3) is 5.91 Å². The predicted molar refractivity (Wildman–Crippen MR) is 124 cm³/mol. The van der Waals surface area contributed by atoms with Crippen molar-refractivity contribution >= 4 is 50.4 Å². The molecule has 1 N–H and O–H groups in total. The Labute approximate surface area is 191 Å². The second-order valence-corrected chi connectivity index (χ2v) is 8.64. The van der Waals surface area contributed by atoms with Crippen LogP contribution in [-0.4, -0.2) is 27.8 Å². The smallest absolute Gasteiger partial charge is 0.310 e. The zero-order valence-corrected chi connectivity index (χ0v) is 19.1. The van der Waals surface area contributed by atoms with E-state index in [1.54, 1.807) is 30.1 Å². The number of amides is 1. The molecule has 0 radical (unpaired) electrons. The summed E-state index contributed by atoms with van der Waals surface area (Å²) in [6.45, 7) is 5.46. The van der Waals surface area contributed by atoms with Crippen LogP contribution in [0.15, 0.2) is 69.7 Å². The van der Waals surface area contributed by atoms with Gasteiger partial charge in [-0.25, -0.2) is 5.01 Å². The van der Waals surface area contributed by atoms with Crippen molar-refractivity contribution in [3.63, 3.8) is 0 Å². The molecule has 0 bridgehead atoms. The minimum atomic E-state index is -0.537. The van der Waals surface area contributed by atoms with Crippen molar-refractivity contribution < 1.29 is 14.3 Å². The van der Waals surface area contributed by atoms with Crippen LogP contribution in [0.2, 0.25) is 0 Å². The average molecular weight is 499 g/mol. The molecule has 2 aliphatic rings. The molecule has 4 rings (SSSR count). The molecule has 1 atom stereocenters. The molecule has 158 valence electrons. The number of nitrogens with zero attached hydrogens (tertiary/aromatic N) is 3. The summed E-state index contributed by atoms with van der Waals surface area (Å²) in [6, 6.07) is 12.7. The van der Waals surface area contributed by atoms with Crippen LogP contribution >= 0.6 is 27.7 Å². The summed E-state index contributed by atoms with van der Waals surface area (Å²) in [6.07, 6.45) is 1.51. The second-order valence-electron chi connectivity index (χ2n) is 6.71. The molecule has 31 heavy (non-hydrogen) atoms. The van der Waals surface area contributed by atoms with Crippen molar-refractivity contribution in [2.75, 3.05) is 5.75 Å². The maximum absolute atomic E-state index is 13.0. The summed E-state index contributed by atoms with van der Waals surface area (Å²) in [4.78, 5) is 29.4. The number of thioether (sulfide) groups is 1. The molecule has 1 unspecified atom stereocenters. The van der Waals surface area contributed by atoms with Gasteiger partial charge in [-0.3, -0.25) is 19.9 Å². The largest absolute Gasteiger partial charge is 0.427 e. The quantitative estimate of drug-likeness (QED) is 0.389. The monoisotopic (exact) mass is 498 g/mol. The van der Waals surface area contributed by atoms with Gasteiger partial charge >= 0.3 is 5.97 Å². The Morgan fingerprint density at radius 1 is 1.32 bits per heavy atom. The van der Waals surface area contributed by atoms with Crippen LogP contribution in [0.1, 0.15) is 25.1 Å². The van der Waals surface area contributed by atoms with Crippen LogP contribution in [0.25, 0.3) is 5.70 Å². The maximum Gasteiger partial charge on any atom is 0.310 e. The molecule has 2 heterocycles. The zero-order chi connectivity index (χ0) is 22.0. The van der Waals surface area contributed by atoms with Gasteiger partial charge in [0.2, 0.25) is 0 Å². The Hall–Kier alpha value is -2.91. The van der Waals surface area contributed by atoms with Crippen molar-refractivity contribution in [1.29, 1.82) is 0 Å². The number of halogens is 1. The van der Waals surface area contributed by atoms with E-state index < -0.39 is 6.17 Å². The van der Waals surface area contributed by atoms with Gasteiger partial charge in [0.15, 0.2) is 11.3 Å². The van der Waals surface area contributed by atoms with Crippen molar-refractivity contribution in [2.24, 2.45) is 10.1 Å². The Morgan fingerprint density at radius 3 is 2.81 bits per heavy atom. The number of carbonyl (C=O) groups is 2. The lowest BCUT2D eigenvalue weighted by Crippen LogP contribution is -2.50. The van der Waals surface area contributed by atoms with E-state index >= 15 is 0 Å². The number of rotatable bonds is 5. The third kappa shape index (κ3) is 4.42. The molecule has 0 aromatic heterocycles. The molecule has 9 heteroatoms. The van der Waals surface area contributed by atoms with Crippen LogP contribution in [-0.2, 0) is 9.59 Å². The van der Waals surface area contributed by atoms with Gasteiger partial charge in [-0.1, -0.05) is 52.8 Å². The molecule has 0 saturated heterocycles. The highest BCUT2D eigenvalue weighted by atomic mass is 79.9. The number of esters is 1. The SMILES string of the molecule is C=CCSC1=NN2C(=c3cc(Br)ccc3=NC2c2ccc(OC(=O)CC)cc2)C(=O)N1. The summed E-state index contributed by atoms with van der Waals surface area (Å²) >= 11 is 4.86. The summed E-state index contributed by atoms with van der Waals surface area (Å²) in [5.74, 6) is 0.534. The van der Waals surface area contributed by atoms with Crippen molar-refractivity contribution in [1.82, 2.24) is 10.3 Å². The average Bonchev–Trinajstić information content (AvgIpc) is 2.77. The van der Waals surface area contributed by atoms with Crippen LogP contribution in [0.5, 0.6) is 5.75 Å². The summed E-state index contributed by atoms with van der Waals surface area (Å²) in [7, 11) is 0. The highest BCUT2D eigenvalue weighted by molar-refractivity contribution is 9.10. The van der Waals surface area contributed by atoms with Gasteiger partial charge in [0.05, 0.1) is 5.36 Å². The lowest BCUT2D eigenvalue weighted by Gasteiger charge is -2.34. The topological polar surface area (TPSA) is 83.4 Å². The first kappa shape index (κ1) is 21.3. The fraction of sp³-hybridized carbons (Fsp3) is 0.182. The fourth-order valence-corrected chi connectivity index (χ4v) is 4.13. The Balaban J connectivity index is 1.80. The van der Waals surface area contributed by atoms with Crippen LogP contribution in [0.3, 0.4) is 0 Å². The molecule has 0 fully saturated rings. The van der Waals surface area contributed by atoms with Gasteiger partial charge in [0, 0.05) is 21.9 Å². The van der Waals surface area contributed by atoms with E-state index in [9.17, 15) is 9.59 Å². The van der Waals surface area contributed by atoms with Crippen LogP contribution < -0.4 is 20.6 Å². The number of hydrogen-bond donors (Lipinski definition) is 1. The summed E-state index contributed by atoms with van der Waals surface area (Å²) in [5.41, 5.74) is 1.25. The van der Waals surface area contributed by atoms with Gasteiger partial charge in [-0.15, -0.1) is 11.7 Å². The molecule has 0 saturated carbocycles. The second kappa shape index (κ2) is 9.07. The zero-order valence-electron chi connectivity index (χ0n) is 16.7. The summed E-state index contributed by atoms with van der Waals surface area (Å²) in [5, 5.41) is 11.1. The highest BCUT2D eigenvalue weighted by Crippen LogP contribution is 2.31.